The standard InChI is InChI=1S/C11H14N2S.HI/c1-12-7-8-13(2)11(12)6-5-10-4-3-9-14-10;/h3-9,11H,1-2H3;1H. The van der Waals surface area contributed by atoms with Crippen LogP contribution in [0.25, 0.3) is 6.08 Å². The Balaban J connectivity index is 0.00000112. The van der Waals surface area contributed by atoms with Crippen molar-refractivity contribution < 1.29 is 28.9 Å². The summed E-state index contributed by atoms with van der Waals surface area (Å²) in [5.74, 6) is 0. The van der Waals surface area contributed by atoms with Crippen molar-refractivity contribution in [2.45, 2.75) is 6.17 Å². The van der Waals surface area contributed by atoms with Gasteiger partial charge < -0.3 is 28.9 Å². The maximum absolute atomic E-state index is 2.25. The first-order valence-electron chi connectivity index (χ1n) is 4.72. The molecule has 0 spiro atoms. The van der Waals surface area contributed by atoms with Crippen molar-refractivity contribution >= 4 is 17.4 Å². The number of hydrogen-bond donors (Lipinski definition) is 1. The van der Waals surface area contributed by atoms with Crippen molar-refractivity contribution in [1.82, 2.24) is 4.90 Å². The van der Waals surface area contributed by atoms with E-state index >= 15 is 0 Å². The highest BCUT2D eigenvalue weighted by atomic mass is 127. The summed E-state index contributed by atoms with van der Waals surface area (Å²) >= 11 is 1.77. The normalized spacial score (nSPS) is 24.8. The van der Waals surface area contributed by atoms with Crippen LogP contribution in [0.1, 0.15) is 4.88 Å². The third-order valence-electron chi connectivity index (χ3n) is 2.46. The Labute approximate surface area is 112 Å². The first kappa shape index (κ1) is 12.7. The molecule has 0 bridgehead atoms. The van der Waals surface area contributed by atoms with Gasteiger partial charge in [0.2, 0.25) is 0 Å². The van der Waals surface area contributed by atoms with E-state index in [-0.39, 0.29) is 24.0 Å². The van der Waals surface area contributed by atoms with Gasteiger partial charge in [-0.15, -0.1) is 11.3 Å². The highest BCUT2D eigenvalue weighted by Crippen LogP contribution is 2.11. The van der Waals surface area contributed by atoms with E-state index in [0.717, 1.165) is 0 Å². The maximum Gasteiger partial charge on any atom is 0.186 e. The highest BCUT2D eigenvalue weighted by Gasteiger charge is 2.21. The van der Waals surface area contributed by atoms with Gasteiger partial charge in [-0.2, -0.15) is 0 Å². The molecule has 2 atom stereocenters. The zero-order valence-electron chi connectivity index (χ0n) is 8.85. The molecule has 1 aliphatic heterocycles. The molecule has 4 heteroatoms. The summed E-state index contributed by atoms with van der Waals surface area (Å²) in [6, 6.07) is 4.22. The molecule has 15 heavy (non-hydrogen) atoms. The van der Waals surface area contributed by atoms with Crippen LogP contribution in [-0.4, -0.2) is 25.2 Å². The fourth-order valence-electron chi connectivity index (χ4n) is 1.61. The number of quaternary nitrogens is 1. The second kappa shape index (κ2) is 5.67. The van der Waals surface area contributed by atoms with Crippen LogP contribution in [0.15, 0.2) is 36.0 Å². The second-order valence-electron chi connectivity index (χ2n) is 3.54. The summed E-state index contributed by atoms with van der Waals surface area (Å²) < 4.78 is 0. The van der Waals surface area contributed by atoms with Gasteiger partial charge in [0.1, 0.15) is 6.20 Å². The molecule has 1 N–H and O–H groups in total. The number of thiophene rings is 1. The quantitative estimate of drug-likeness (QED) is 0.617. The van der Waals surface area contributed by atoms with Crippen molar-refractivity contribution in [2.24, 2.45) is 0 Å². The van der Waals surface area contributed by atoms with Crippen molar-refractivity contribution in [3.8, 4) is 0 Å². The Morgan fingerprint density at radius 3 is 2.87 bits per heavy atom. The van der Waals surface area contributed by atoms with E-state index in [2.05, 4.69) is 61.1 Å². The average Bonchev–Trinajstić information content (AvgIpc) is 2.76. The summed E-state index contributed by atoms with van der Waals surface area (Å²) in [4.78, 5) is 4.94. The van der Waals surface area contributed by atoms with Crippen molar-refractivity contribution in [2.75, 3.05) is 14.1 Å². The largest absolute Gasteiger partial charge is 1.00 e. The number of nitrogens with zero attached hydrogens (tertiary/aromatic N) is 1. The minimum absolute atomic E-state index is 0. The molecule has 0 saturated heterocycles. The molecule has 1 aromatic heterocycles. The molecule has 0 radical (unpaired) electrons. The molecule has 0 fully saturated rings. The zero-order chi connectivity index (χ0) is 9.97. The zero-order valence-corrected chi connectivity index (χ0v) is 11.8. The molecule has 2 rings (SSSR count). The fraction of sp³-hybridized carbons (Fsp3) is 0.273. The van der Waals surface area contributed by atoms with E-state index in [9.17, 15) is 0 Å². The lowest BCUT2D eigenvalue weighted by Crippen LogP contribution is -3.08. The van der Waals surface area contributed by atoms with Gasteiger partial charge in [-0.1, -0.05) is 6.07 Å². The third-order valence-corrected chi connectivity index (χ3v) is 3.30. The fourth-order valence-corrected chi connectivity index (χ4v) is 2.24. The average molecular weight is 334 g/mol. The Hall–Kier alpha value is -0.330. The topological polar surface area (TPSA) is 7.68 Å². The SMILES string of the molecule is CN1C=C[NH+](C)C1C=Cc1cccs1.[I-]. The van der Waals surface area contributed by atoms with Gasteiger partial charge in [0.15, 0.2) is 6.17 Å². The van der Waals surface area contributed by atoms with E-state index in [4.69, 9.17) is 0 Å². The first-order chi connectivity index (χ1) is 6.77. The van der Waals surface area contributed by atoms with Gasteiger partial charge >= 0.3 is 0 Å². The smallest absolute Gasteiger partial charge is 0.186 e. The van der Waals surface area contributed by atoms with Crippen LogP contribution < -0.4 is 28.9 Å². The molecule has 2 unspecified atom stereocenters. The summed E-state index contributed by atoms with van der Waals surface area (Å²) in [5, 5.41) is 2.10. The number of likely N-dealkylation sites (N-methyl/N-ethyl adjacent to an activating group) is 2. The lowest BCUT2D eigenvalue weighted by molar-refractivity contribution is -0.848. The summed E-state index contributed by atoms with van der Waals surface area (Å²) in [5.41, 5.74) is 0. The van der Waals surface area contributed by atoms with Gasteiger partial charge in [-0.05, 0) is 23.6 Å². The van der Waals surface area contributed by atoms with E-state index < -0.39 is 0 Å². The van der Waals surface area contributed by atoms with Gasteiger partial charge in [-0.25, -0.2) is 0 Å². The molecule has 0 amide bonds. The molecule has 2 heterocycles. The van der Waals surface area contributed by atoms with Crippen molar-refractivity contribution in [3.63, 3.8) is 0 Å². The predicted octanol–water partition coefficient (Wildman–Crippen LogP) is -1.98. The van der Waals surface area contributed by atoms with Crippen LogP contribution in [0.2, 0.25) is 0 Å². The van der Waals surface area contributed by atoms with E-state index in [1.807, 2.05) is 0 Å². The molecular weight excluding hydrogens is 319 g/mol. The number of hydrogen-bond acceptors (Lipinski definition) is 2. The Bertz CT molecular complexity index is 333. The molecule has 1 aromatic rings. The van der Waals surface area contributed by atoms with Crippen LogP contribution in [0.3, 0.4) is 0 Å². The van der Waals surface area contributed by atoms with Gasteiger partial charge in [-0.3, -0.25) is 4.90 Å². The Morgan fingerprint density at radius 1 is 1.53 bits per heavy atom. The molecule has 0 saturated carbocycles. The van der Waals surface area contributed by atoms with E-state index in [1.54, 1.807) is 11.3 Å². The van der Waals surface area contributed by atoms with Crippen molar-refractivity contribution in [3.05, 3.63) is 40.9 Å². The second-order valence-corrected chi connectivity index (χ2v) is 4.52. The highest BCUT2D eigenvalue weighted by molar-refractivity contribution is 7.10. The molecule has 82 valence electrons. The minimum Gasteiger partial charge on any atom is -1.00 e. The monoisotopic (exact) mass is 334 g/mol. The third kappa shape index (κ3) is 3.06. The molecule has 1 aliphatic rings. The van der Waals surface area contributed by atoms with Gasteiger partial charge in [0.25, 0.3) is 0 Å². The molecule has 0 aromatic carbocycles. The van der Waals surface area contributed by atoms with Crippen molar-refractivity contribution in [1.29, 1.82) is 0 Å². The first-order valence-corrected chi connectivity index (χ1v) is 5.60. The molecular formula is C11H15IN2S. The van der Waals surface area contributed by atoms with Crippen LogP contribution >= 0.6 is 11.3 Å². The number of nitrogens with one attached hydrogen (secondary N) is 1. The maximum atomic E-state index is 2.25. The Morgan fingerprint density at radius 2 is 2.33 bits per heavy atom. The lowest BCUT2D eigenvalue weighted by Gasteiger charge is -2.18. The van der Waals surface area contributed by atoms with Crippen LogP contribution in [-0.2, 0) is 0 Å². The lowest BCUT2D eigenvalue weighted by atomic mass is 10.3. The Kier molecular flexibility index (Phi) is 4.82. The van der Waals surface area contributed by atoms with Crippen LogP contribution in [0.5, 0.6) is 0 Å². The predicted molar refractivity (Wildman–Crippen MR) is 60.9 cm³/mol. The molecule has 0 aliphatic carbocycles. The van der Waals surface area contributed by atoms with Crippen LogP contribution in [0, 0.1) is 0 Å². The van der Waals surface area contributed by atoms with Gasteiger partial charge in [0, 0.05) is 11.9 Å². The van der Waals surface area contributed by atoms with E-state index in [0.29, 0.717) is 6.17 Å². The minimum atomic E-state index is 0. The summed E-state index contributed by atoms with van der Waals surface area (Å²) in [7, 11) is 4.28. The number of rotatable bonds is 2. The summed E-state index contributed by atoms with van der Waals surface area (Å²) in [6.45, 7) is 0. The number of halogens is 1. The summed E-state index contributed by atoms with van der Waals surface area (Å²) in [6.07, 6.45) is 9.18. The van der Waals surface area contributed by atoms with Gasteiger partial charge in [0.05, 0.1) is 13.2 Å². The van der Waals surface area contributed by atoms with Crippen LogP contribution in [0.4, 0.5) is 0 Å². The van der Waals surface area contributed by atoms with E-state index in [1.165, 1.54) is 9.78 Å². The molecule has 2 nitrogen and oxygen atoms in total.